The number of aromatic nitrogens is 2. The Hall–Kier alpha value is -1.47. The quantitative estimate of drug-likeness (QED) is 0.801. The molecule has 2 heterocycles. The topological polar surface area (TPSA) is 81.2 Å². The lowest BCUT2D eigenvalue weighted by Gasteiger charge is -2.16. The molecule has 0 amide bonds. The van der Waals surface area contributed by atoms with Crippen LogP contribution in [0, 0.1) is 6.92 Å². The molecule has 1 aromatic heterocycles. The zero-order valence-electron chi connectivity index (χ0n) is 11.5. The van der Waals surface area contributed by atoms with Gasteiger partial charge in [0.05, 0.1) is 11.9 Å². The molecule has 0 radical (unpaired) electrons. The van der Waals surface area contributed by atoms with Crippen LogP contribution in [0.15, 0.2) is 27.9 Å². The summed E-state index contributed by atoms with van der Waals surface area (Å²) in [7, 11) is -0.916. The van der Waals surface area contributed by atoms with Gasteiger partial charge in [-0.1, -0.05) is 13.0 Å². The highest BCUT2D eigenvalue weighted by atomic mass is 32.2. The van der Waals surface area contributed by atoms with E-state index in [0.29, 0.717) is 17.1 Å². The first-order valence-corrected chi connectivity index (χ1v) is 8.01. The Bertz CT molecular complexity index is 647. The molecule has 0 fully saturated rings. The fourth-order valence-electron chi connectivity index (χ4n) is 2.01. The second-order valence-corrected chi connectivity index (χ2v) is 6.36. The van der Waals surface area contributed by atoms with Crippen LogP contribution in [0.1, 0.15) is 25.1 Å². The van der Waals surface area contributed by atoms with E-state index < -0.39 is 28.3 Å². The fourth-order valence-corrected chi connectivity index (χ4v) is 3.19. The van der Waals surface area contributed by atoms with Crippen molar-refractivity contribution < 1.29 is 8.95 Å². The van der Waals surface area contributed by atoms with Crippen molar-refractivity contribution in [1.29, 1.82) is 0 Å². The molecule has 7 heteroatoms. The Morgan fingerprint density at radius 1 is 1.40 bits per heavy atom. The summed E-state index contributed by atoms with van der Waals surface area (Å²) in [5.74, 6) is 1.08. The van der Waals surface area contributed by atoms with Gasteiger partial charge in [-0.15, -0.1) is 0 Å². The van der Waals surface area contributed by atoms with Crippen LogP contribution in [0.4, 0.5) is 0 Å². The molecule has 0 aromatic carbocycles. The van der Waals surface area contributed by atoms with Gasteiger partial charge in [0.25, 0.3) is 5.56 Å². The molecule has 0 bridgehead atoms. The molecule has 3 atom stereocenters. The standard InChI is InChI=1S/C13H18N2O4S/c1-3-6-20(18)8-10-4-5-11(19-10)15-7-9(2)12(16)14-13(15)17/h4-5,7,10-11H,3,6,8H2,1-2H3,(H,14,16,17)/t10-,11+,20?/m0/s1. The molecular weight excluding hydrogens is 280 g/mol. The van der Waals surface area contributed by atoms with Gasteiger partial charge in [-0.3, -0.25) is 18.6 Å². The number of nitrogens with one attached hydrogen (secondary N) is 1. The summed E-state index contributed by atoms with van der Waals surface area (Å²) >= 11 is 0. The van der Waals surface area contributed by atoms with E-state index in [2.05, 4.69) is 4.98 Å². The van der Waals surface area contributed by atoms with Crippen molar-refractivity contribution in [1.82, 2.24) is 9.55 Å². The molecule has 1 N–H and O–H groups in total. The SMILES string of the molecule is CCCS(=O)C[C@@H]1C=C[C@H](n2cc(C)c(=O)[nH]c2=O)O1. The number of aryl methyl sites for hydroxylation is 1. The predicted molar refractivity (Wildman–Crippen MR) is 77.3 cm³/mol. The molecule has 20 heavy (non-hydrogen) atoms. The first-order valence-electron chi connectivity index (χ1n) is 6.52. The van der Waals surface area contributed by atoms with Crippen molar-refractivity contribution in [3.8, 4) is 0 Å². The van der Waals surface area contributed by atoms with Crippen molar-refractivity contribution in [2.45, 2.75) is 32.6 Å². The van der Waals surface area contributed by atoms with E-state index in [9.17, 15) is 13.8 Å². The van der Waals surface area contributed by atoms with E-state index >= 15 is 0 Å². The first-order chi connectivity index (χ1) is 9.51. The van der Waals surface area contributed by atoms with E-state index in [1.165, 1.54) is 10.8 Å². The zero-order valence-corrected chi connectivity index (χ0v) is 12.3. The van der Waals surface area contributed by atoms with Crippen LogP contribution in [0.25, 0.3) is 0 Å². The molecule has 0 saturated carbocycles. The summed E-state index contributed by atoms with van der Waals surface area (Å²) in [6.45, 7) is 3.61. The Balaban J connectivity index is 2.09. The Morgan fingerprint density at radius 2 is 2.15 bits per heavy atom. The zero-order chi connectivity index (χ0) is 14.7. The summed E-state index contributed by atoms with van der Waals surface area (Å²) < 4.78 is 18.7. The second kappa shape index (κ2) is 6.32. The molecule has 1 aliphatic heterocycles. The van der Waals surface area contributed by atoms with Gasteiger partial charge in [0.1, 0.15) is 0 Å². The Kier molecular flexibility index (Phi) is 4.72. The first kappa shape index (κ1) is 14.9. The highest BCUT2D eigenvalue weighted by molar-refractivity contribution is 7.85. The van der Waals surface area contributed by atoms with Crippen LogP contribution in [0.5, 0.6) is 0 Å². The normalized spacial score (nSPS) is 23.1. The minimum absolute atomic E-state index is 0.258. The van der Waals surface area contributed by atoms with E-state index in [0.717, 1.165) is 6.42 Å². The maximum Gasteiger partial charge on any atom is 0.330 e. The van der Waals surface area contributed by atoms with E-state index in [1.807, 2.05) is 13.0 Å². The van der Waals surface area contributed by atoms with Gasteiger partial charge < -0.3 is 4.74 Å². The van der Waals surface area contributed by atoms with Crippen molar-refractivity contribution >= 4 is 10.8 Å². The van der Waals surface area contributed by atoms with Crippen LogP contribution in [-0.4, -0.2) is 31.4 Å². The monoisotopic (exact) mass is 298 g/mol. The van der Waals surface area contributed by atoms with Crippen LogP contribution in [0.3, 0.4) is 0 Å². The van der Waals surface area contributed by atoms with Crippen LogP contribution in [-0.2, 0) is 15.5 Å². The maximum atomic E-state index is 11.7. The number of nitrogens with zero attached hydrogens (tertiary/aromatic N) is 1. The molecule has 6 nitrogen and oxygen atoms in total. The van der Waals surface area contributed by atoms with Gasteiger partial charge in [0.15, 0.2) is 6.23 Å². The van der Waals surface area contributed by atoms with E-state index in [4.69, 9.17) is 4.74 Å². The summed E-state index contributed by atoms with van der Waals surface area (Å²) in [6, 6.07) is 0. The fraction of sp³-hybridized carbons (Fsp3) is 0.538. The number of ether oxygens (including phenoxy) is 1. The summed E-state index contributed by atoms with van der Waals surface area (Å²) in [4.78, 5) is 25.3. The molecule has 110 valence electrons. The molecule has 1 aliphatic rings. The van der Waals surface area contributed by atoms with E-state index in [-0.39, 0.29) is 6.10 Å². The second-order valence-electron chi connectivity index (χ2n) is 4.74. The van der Waals surface area contributed by atoms with Crippen molar-refractivity contribution in [3.63, 3.8) is 0 Å². The van der Waals surface area contributed by atoms with Crippen molar-refractivity contribution in [2.24, 2.45) is 0 Å². The van der Waals surface area contributed by atoms with Crippen LogP contribution >= 0.6 is 0 Å². The van der Waals surface area contributed by atoms with Gasteiger partial charge in [-0.25, -0.2) is 4.79 Å². The van der Waals surface area contributed by atoms with Gasteiger partial charge in [-0.2, -0.15) is 0 Å². The highest BCUT2D eigenvalue weighted by Crippen LogP contribution is 2.20. The molecule has 1 aromatic rings. The van der Waals surface area contributed by atoms with Crippen molar-refractivity contribution in [3.05, 3.63) is 44.8 Å². The van der Waals surface area contributed by atoms with E-state index in [1.54, 1.807) is 13.0 Å². The van der Waals surface area contributed by atoms with Gasteiger partial charge in [-0.05, 0) is 19.4 Å². The van der Waals surface area contributed by atoms with Crippen molar-refractivity contribution in [2.75, 3.05) is 11.5 Å². The largest absolute Gasteiger partial charge is 0.346 e. The van der Waals surface area contributed by atoms with Crippen LogP contribution < -0.4 is 11.2 Å². The average molecular weight is 298 g/mol. The number of aromatic amines is 1. The number of rotatable bonds is 5. The smallest absolute Gasteiger partial charge is 0.330 e. The Labute approximate surface area is 118 Å². The molecule has 0 aliphatic carbocycles. The van der Waals surface area contributed by atoms with Crippen LogP contribution in [0.2, 0.25) is 0 Å². The summed E-state index contributed by atoms with van der Waals surface area (Å²) in [5.41, 5.74) is -0.459. The minimum atomic E-state index is -0.916. The molecule has 1 unspecified atom stereocenters. The summed E-state index contributed by atoms with van der Waals surface area (Å²) in [6.07, 6.45) is 5.08. The third kappa shape index (κ3) is 3.34. The molecule has 0 saturated heterocycles. The summed E-state index contributed by atoms with van der Waals surface area (Å²) in [5, 5.41) is 0. The number of hydrogen-bond donors (Lipinski definition) is 1. The lowest BCUT2D eigenvalue weighted by Crippen LogP contribution is -2.33. The third-order valence-electron chi connectivity index (χ3n) is 3.01. The third-order valence-corrected chi connectivity index (χ3v) is 4.57. The van der Waals surface area contributed by atoms with Gasteiger partial charge in [0.2, 0.25) is 0 Å². The maximum absolute atomic E-state index is 11.7. The molecular formula is C13H18N2O4S. The predicted octanol–water partition coefficient (Wildman–Crippen LogP) is 0.457. The van der Waals surface area contributed by atoms with Gasteiger partial charge in [0, 0.05) is 28.3 Å². The lowest BCUT2D eigenvalue weighted by atomic mass is 10.3. The molecule has 2 rings (SSSR count). The minimum Gasteiger partial charge on any atom is -0.346 e. The average Bonchev–Trinajstić information content (AvgIpc) is 2.82. The number of H-pyrrole nitrogens is 1. The Morgan fingerprint density at radius 3 is 2.85 bits per heavy atom. The highest BCUT2D eigenvalue weighted by Gasteiger charge is 2.23. The van der Waals surface area contributed by atoms with Gasteiger partial charge >= 0.3 is 5.69 Å². The number of hydrogen-bond acceptors (Lipinski definition) is 4. The lowest BCUT2D eigenvalue weighted by molar-refractivity contribution is 0.0262. The molecule has 0 spiro atoms.